The summed E-state index contributed by atoms with van der Waals surface area (Å²) in [5.74, 6) is 1.40. The van der Waals surface area contributed by atoms with E-state index in [2.05, 4.69) is 31.9 Å². The molecule has 1 fully saturated rings. The van der Waals surface area contributed by atoms with Crippen LogP contribution in [0.4, 0.5) is 5.69 Å². The average Bonchev–Trinajstić information content (AvgIpc) is 3.40. The number of carbonyl (C=O) groups is 1. The average molecular weight is 462 g/mol. The van der Waals surface area contributed by atoms with Gasteiger partial charge in [0.1, 0.15) is 12.5 Å². The van der Waals surface area contributed by atoms with Crippen molar-refractivity contribution < 1.29 is 4.79 Å². The number of hydrogen-bond donors (Lipinski definition) is 1. The van der Waals surface area contributed by atoms with Gasteiger partial charge in [0.25, 0.3) is 0 Å². The molecule has 7 nitrogen and oxygen atoms in total. The molecule has 1 aliphatic rings. The molecule has 2 aromatic carbocycles. The number of imidazole rings is 1. The van der Waals surface area contributed by atoms with Gasteiger partial charge >= 0.3 is 4.87 Å². The van der Waals surface area contributed by atoms with Gasteiger partial charge in [0.2, 0.25) is 5.91 Å². The standard InChI is InChI=1S/C25H27N5O2S/c1-18(31)27-21-8-6-19(7-9-21)16-28-13-10-20(11-14-28)24-26-12-15-29(24)17-30-22-4-2-3-5-23(22)33-25(30)32/h2-9,12,15,20H,10-11,13-14,16-17H2,1H3,(H,27,31). The molecule has 0 saturated carbocycles. The number of para-hydroxylation sites is 1. The van der Waals surface area contributed by atoms with Gasteiger partial charge < -0.3 is 9.88 Å². The second-order valence-corrected chi connectivity index (χ2v) is 9.58. The van der Waals surface area contributed by atoms with Crippen LogP contribution in [0.5, 0.6) is 0 Å². The molecule has 3 heterocycles. The topological polar surface area (TPSA) is 72.2 Å². The minimum absolute atomic E-state index is 0.0553. The van der Waals surface area contributed by atoms with Crippen molar-refractivity contribution in [3.05, 3.63) is 82.0 Å². The van der Waals surface area contributed by atoms with Crippen molar-refractivity contribution >= 4 is 33.1 Å². The first-order valence-electron chi connectivity index (χ1n) is 11.2. The molecule has 0 unspecified atom stereocenters. The Morgan fingerprint density at radius 1 is 1.12 bits per heavy atom. The van der Waals surface area contributed by atoms with E-state index in [-0.39, 0.29) is 10.8 Å². The van der Waals surface area contributed by atoms with Crippen molar-refractivity contribution in [1.82, 2.24) is 19.0 Å². The molecule has 33 heavy (non-hydrogen) atoms. The van der Waals surface area contributed by atoms with Gasteiger partial charge in [0.05, 0.1) is 10.2 Å². The summed E-state index contributed by atoms with van der Waals surface area (Å²) in [6.07, 6.45) is 5.91. The van der Waals surface area contributed by atoms with Gasteiger partial charge in [-0.25, -0.2) is 4.98 Å². The van der Waals surface area contributed by atoms with Crippen molar-refractivity contribution in [3.8, 4) is 0 Å². The summed E-state index contributed by atoms with van der Waals surface area (Å²) in [7, 11) is 0. The van der Waals surface area contributed by atoms with E-state index in [1.165, 1.54) is 23.8 Å². The molecule has 0 radical (unpaired) electrons. The number of benzene rings is 2. The molecule has 170 valence electrons. The predicted molar refractivity (Wildman–Crippen MR) is 132 cm³/mol. The molecule has 0 bridgehead atoms. The smallest absolute Gasteiger partial charge is 0.309 e. The van der Waals surface area contributed by atoms with Crippen LogP contribution in [0.1, 0.15) is 37.1 Å². The van der Waals surface area contributed by atoms with Gasteiger partial charge in [0.15, 0.2) is 0 Å². The first kappa shape index (κ1) is 21.6. The van der Waals surface area contributed by atoms with Crippen LogP contribution in [0.15, 0.2) is 65.7 Å². The van der Waals surface area contributed by atoms with E-state index in [1.807, 2.05) is 53.4 Å². The number of piperidine rings is 1. The maximum Gasteiger partial charge on any atom is 0.309 e. The zero-order chi connectivity index (χ0) is 22.8. The molecule has 8 heteroatoms. The fourth-order valence-electron chi connectivity index (χ4n) is 4.60. The Morgan fingerprint density at radius 2 is 1.88 bits per heavy atom. The fraction of sp³-hybridized carbons (Fsp3) is 0.320. The third kappa shape index (κ3) is 4.77. The summed E-state index contributed by atoms with van der Waals surface area (Å²) in [5.41, 5.74) is 3.05. The molecule has 1 N–H and O–H groups in total. The van der Waals surface area contributed by atoms with E-state index in [1.54, 1.807) is 0 Å². The van der Waals surface area contributed by atoms with Crippen molar-refractivity contribution in [2.75, 3.05) is 18.4 Å². The van der Waals surface area contributed by atoms with Crippen LogP contribution in [0, 0.1) is 0 Å². The van der Waals surface area contributed by atoms with Crippen molar-refractivity contribution in [2.45, 2.75) is 38.9 Å². The first-order chi connectivity index (χ1) is 16.1. The monoisotopic (exact) mass is 461 g/mol. The second-order valence-electron chi connectivity index (χ2n) is 8.59. The third-order valence-corrected chi connectivity index (χ3v) is 7.21. The maximum atomic E-state index is 12.6. The quantitative estimate of drug-likeness (QED) is 0.469. The largest absolute Gasteiger partial charge is 0.326 e. The molecular formula is C25H27N5O2S. The summed E-state index contributed by atoms with van der Waals surface area (Å²) < 4.78 is 4.98. The summed E-state index contributed by atoms with van der Waals surface area (Å²) >= 11 is 1.29. The number of carbonyl (C=O) groups excluding carboxylic acids is 1. The number of nitrogens with one attached hydrogen (secondary N) is 1. The van der Waals surface area contributed by atoms with E-state index >= 15 is 0 Å². The molecule has 0 atom stereocenters. The lowest BCUT2D eigenvalue weighted by Gasteiger charge is -2.32. The van der Waals surface area contributed by atoms with Crippen LogP contribution in [0.3, 0.4) is 0 Å². The summed E-state index contributed by atoms with van der Waals surface area (Å²) in [6.45, 7) is 4.93. The fourth-order valence-corrected chi connectivity index (χ4v) is 5.49. The number of amides is 1. The van der Waals surface area contributed by atoms with Crippen LogP contribution < -0.4 is 10.2 Å². The zero-order valence-electron chi connectivity index (χ0n) is 18.6. The normalized spacial score (nSPS) is 15.2. The number of rotatable bonds is 6. The van der Waals surface area contributed by atoms with Gasteiger partial charge in [0, 0.05) is 37.5 Å². The lowest BCUT2D eigenvalue weighted by atomic mass is 9.95. The SMILES string of the molecule is CC(=O)Nc1ccc(CN2CCC(c3nccn3Cn3c(=O)sc4ccccc43)CC2)cc1. The van der Waals surface area contributed by atoms with E-state index in [0.29, 0.717) is 12.6 Å². The lowest BCUT2D eigenvalue weighted by molar-refractivity contribution is -0.114. The Bertz CT molecular complexity index is 1310. The Kier molecular flexibility index (Phi) is 6.11. The number of likely N-dealkylation sites (tertiary alicyclic amines) is 1. The second kappa shape index (κ2) is 9.33. The Hall–Kier alpha value is -3.23. The highest BCUT2D eigenvalue weighted by molar-refractivity contribution is 7.16. The molecule has 0 spiro atoms. The highest BCUT2D eigenvalue weighted by atomic mass is 32.1. The van der Waals surface area contributed by atoms with Crippen molar-refractivity contribution in [3.63, 3.8) is 0 Å². The summed E-state index contributed by atoms with van der Waals surface area (Å²) in [6, 6.07) is 16.0. The predicted octanol–water partition coefficient (Wildman–Crippen LogP) is 4.10. The van der Waals surface area contributed by atoms with Gasteiger partial charge in [-0.1, -0.05) is 35.6 Å². The van der Waals surface area contributed by atoms with Gasteiger partial charge in [-0.3, -0.25) is 19.1 Å². The molecular weight excluding hydrogens is 434 g/mol. The van der Waals surface area contributed by atoms with Gasteiger partial charge in [-0.2, -0.15) is 0 Å². The highest BCUT2D eigenvalue weighted by Crippen LogP contribution is 2.28. The molecule has 2 aromatic heterocycles. The number of hydrogen-bond acceptors (Lipinski definition) is 5. The molecule has 5 rings (SSSR count). The lowest BCUT2D eigenvalue weighted by Crippen LogP contribution is -2.33. The molecule has 4 aromatic rings. The van der Waals surface area contributed by atoms with E-state index < -0.39 is 0 Å². The Balaban J connectivity index is 1.22. The van der Waals surface area contributed by atoms with Crippen LogP contribution in [-0.4, -0.2) is 38.0 Å². The zero-order valence-corrected chi connectivity index (χ0v) is 19.4. The molecule has 1 saturated heterocycles. The van der Waals surface area contributed by atoms with Gasteiger partial charge in [-0.05, 0) is 55.8 Å². The summed E-state index contributed by atoms with van der Waals surface area (Å²) in [5, 5.41) is 2.81. The van der Waals surface area contributed by atoms with Crippen LogP contribution in [0.2, 0.25) is 0 Å². The van der Waals surface area contributed by atoms with E-state index in [9.17, 15) is 9.59 Å². The number of thiazole rings is 1. The van der Waals surface area contributed by atoms with Crippen molar-refractivity contribution in [2.24, 2.45) is 0 Å². The van der Waals surface area contributed by atoms with E-state index in [0.717, 1.165) is 54.2 Å². The number of nitrogens with zero attached hydrogens (tertiary/aromatic N) is 4. The number of aromatic nitrogens is 3. The van der Waals surface area contributed by atoms with Crippen LogP contribution in [0.25, 0.3) is 10.2 Å². The van der Waals surface area contributed by atoms with Crippen LogP contribution in [-0.2, 0) is 18.0 Å². The molecule has 1 aliphatic heterocycles. The minimum atomic E-state index is -0.0553. The number of anilines is 1. The maximum absolute atomic E-state index is 12.6. The minimum Gasteiger partial charge on any atom is -0.326 e. The first-order valence-corrected chi connectivity index (χ1v) is 12.1. The Labute approximate surface area is 196 Å². The highest BCUT2D eigenvalue weighted by Gasteiger charge is 2.24. The Morgan fingerprint density at radius 3 is 2.64 bits per heavy atom. The van der Waals surface area contributed by atoms with Gasteiger partial charge in [-0.15, -0.1) is 0 Å². The van der Waals surface area contributed by atoms with E-state index in [4.69, 9.17) is 0 Å². The number of fused-ring (bicyclic) bond motifs is 1. The third-order valence-electron chi connectivity index (χ3n) is 6.25. The van der Waals surface area contributed by atoms with Crippen LogP contribution >= 0.6 is 11.3 Å². The molecule has 1 amide bonds. The van der Waals surface area contributed by atoms with Crippen molar-refractivity contribution in [1.29, 1.82) is 0 Å². The molecule has 0 aliphatic carbocycles. The summed E-state index contributed by atoms with van der Waals surface area (Å²) in [4.78, 5) is 31.0.